The Hall–Kier alpha value is -3.29. The van der Waals surface area contributed by atoms with Crippen LogP contribution in [0.5, 0.6) is 11.5 Å². The van der Waals surface area contributed by atoms with E-state index in [0.29, 0.717) is 12.4 Å². The third kappa shape index (κ3) is 5.26. The molecule has 0 bridgehead atoms. The van der Waals surface area contributed by atoms with E-state index in [1.807, 2.05) is 54.7 Å². The summed E-state index contributed by atoms with van der Waals surface area (Å²) in [4.78, 5) is 15.3. The summed E-state index contributed by atoms with van der Waals surface area (Å²) in [6, 6.07) is 17.0. The molecule has 34 heavy (non-hydrogen) atoms. The van der Waals surface area contributed by atoms with Gasteiger partial charge in [-0.1, -0.05) is 12.1 Å². The second-order valence-corrected chi connectivity index (χ2v) is 8.37. The molecule has 7 nitrogen and oxygen atoms in total. The molecule has 3 heterocycles. The number of nitrogens with zero attached hydrogens (tertiary/aromatic N) is 4. The smallest absolute Gasteiger partial charge is 0.258 e. The number of pyridine rings is 1. The van der Waals surface area contributed by atoms with Gasteiger partial charge in [0.1, 0.15) is 18.1 Å². The quantitative estimate of drug-likeness (QED) is 0.376. The van der Waals surface area contributed by atoms with Gasteiger partial charge in [-0.3, -0.25) is 14.0 Å². The van der Waals surface area contributed by atoms with Gasteiger partial charge >= 0.3 is 0 Å². The Kier molecular flexibility index (Phi) is 7.55. The van der Waals surface area contributed by atoms with E-state index in [2.05, 4.69) is 14.7 Å². The lowest BCUT2D eigenvalue weighted by atomic mass is 10.2. The minimum absolute atomic E-state index is 0. The molecule has 0 saturated carbocycles. The molecule has 0 N–H and O–H groups in total. The number of methoxy groups -OCH3 is 1. The Morgan fingerprint density at radius 2 is 1.74 bits per heavy atom. The molecule has 0 spiro atoms. The first-order valence-corrected chi connectivity index (χ1v) is 11.4. The molecule has 2 aromatic carbocycles. The van der Waals surface area contributed by atoms with Crippen LogP contribution in [0.15, 0.2) is 71.8 Å². The van der Waals surface area contributed by atoms with E-state index in [-0.39, 0.29) is 18.0 Å². The lowest BCUT2D eigenvalue weighted by Gasteiger charge is -2.14. The highest BCUT2D eigenvalue weighted by Gasteiger charge is 2.12. The van der Waals surface area contributed by atoms with Crippen molar-refractivity contribution in [3.63, 3.8) is 0 Å². The fourth-order valence-corrected chi connectivity index (χ4v) is 4.30. The molecular formula is C26H29ClN4O3. The molecule has 1 aliphatic rings. The van der Waals surface area contributed by atoms with Crippen LogP contribution in [-0.4, -0.2) is 46.0 Å². The van der Waals surface area contributed by atoms with Crippen LogP contribution in [0.25, 0.3) is 16.6 Å². The van der Waals surface area contributed by atoms with Crippen LogP contribution >= 0.6 is 12.4 Å². The zero-order valence-electron chi connectivity index (χ0n) is 19.2. The van der Waals surface area contributed by atoms with Crippen molar-refractivity contribution >= 4 is 23.3 Å². The third-order valence-corrected chi connectivity index (χ3v) is 6.19. The summed E-state index contributed by atoms with van der Waals surface area (Å²) in [5, 5.41) is 5.59. The van der Waals surface area contributed by atoms with E-state index in [1.54, 1.807) is 17.9 Å². The van der Waals surface area contributed by atoms with Crippen LogP contribution in [0.2, 0.25) is 0 Å². The van der Waals surface area contributed by atoms with Gasteiger partial charge in [0.2, 0.25) is 0 Å². The van der Waals surface area contributed by atoms with Crippen molar-refractivity contribution < 1.29 is 9.47 Å². The van der Waals surface area contributed by atoms with E-state index in [0.717, 1.165) is 41.0 Å². The highest BCUT2D eigenvalue weighted by Crippen LogP contribution is 2.20. The molecule has 5 rings (SSSR count). The van der Waals surface area contributed by atoms with E-state index >= 15 is 0 Å². The number of aromatic nitrogens is 3. The maximum atomic E-state index is 12.8. The molecular weight excluding hydrogens is 452 g/mol. The molecule has 4 aromatic rings. The molecule has 2 aromatic heterocycles. The number of hydrogen-bond donors (Lipinski definition) is 0. The second-order valence-electron chi connectivity index (χ2n) is 8.37. The van der Waals surface area contributed by atoms with Gasteiger partial charge in [0.05, 0.1) is 25.4 Å². The maximum absolute atomic E-state index is 12.8. The number of likely N-dealkylation sites (tertiary alicyclic amines) is 1. The Labute approximate surface area is 204 Å². The minimum atomic E-state index is -0.136. The van der Waals surface area contributed by atoms with Gasteiger partial charge in [0.25, 0.3) is 5.56 Å². The number of ether oxygens (including phenoxy) is 2. The lowest BCUT2D eigenvalue weighted by molar-refractivity contribution is 0.305. The van der Waals surface area contributed by atoms with Crippen LogP contribution in [0, 0.1) is 0 Å². The normalized spacial score (nSPS) is 13.7. The molecule has 178 valence electrons. The fraction of sp³-hybridized carbons (Fsp3) is 0.308. The van der Waals surface area contributed by atoms with Crippen LogP contribution < -0.4 is 15.0 Å². The Balaban J connectivity index is 0.00000274. The molecule has 0 amide bonds. The minimum Gasteiger partial charge on any atom is -0.497 e. The summed E-state index contributed by atoms with van der Waals surface area (Å²) < 4.78 is 14.7. The van der Waals surface area contributed by atoms with E-state index in [9.17, 15) is 4.79 Å². The van der Waals surface area contributed by atoms with Crippen LogP contribution in [0.1, 0.15) is 18.4 Å². The standard InChI is InChI=1S/C26H28N4O3.ClH/c1-32-23-7-4-20(5-8-23)19-33-24-10-13-29(26(31)17-24)22-6-9-25-21(16-22)18-27-30(25)15-14-28-11-2-3-12-28;/h4-10,13,16-18H,2-3,11-12,14-15,19H2,1H3;1H. The SMILES string of the molecule is COc1ccc(COc2ccn(-c3ccc4c(cnn4CCN4CCCC4)c3)c(=O)c2)cc1.Cl. The van der Waals surface area contributed by atoms with Crippen molar-refractivity contribution in [3.8, 4) is 17.2 Å². The van der Waals surface area contributed by atoms with Crippen molar-refractivity contribution in [1.82, 2.24) is 19.2 Å². The van der Waals surface area contributed by atoms with Crippen LogP contribution in [0.4, 0.5) is 0 Å². The van der Waals surface area contributed by atoms with Gasteiger partial charge < -0.3 is 14.4 Å². The van der Waals surface area contributed by atoms with Gasteiger partial charge in [-0.25, -0.2) is 0 Å². The molecule has 0 atom stereocenters. The number of rotatable bonds is 8. The van der Waals surface area contributed by atoms with Gasteiger partial charge in [0.15, 0.2) is 0 Å². The largest absolute Gasteiger partial charge is 0.497 e. The summed E-state index contributed by atoms with van der Waals surface area (Å²) in [5.74, 6) is 1.35. The first kappa shape index (κ1) is 23.9. The maximum Gasteiger partial charge on any atom is 0.258 e. The summed E-state index contributed by atoms with van der Waals surface area (Å²) in [5.41, 5.74) is 2.77. The summed E-state index contributed by atoms with van der Waals surface area (Å²) in [7, 11) is 1.64. The van der Waals surface area contributed by atoms with E-state index in [4.69, 9.17) is 9.47 Å². The summed E-state index contributed by atoms with van der Waals surface area (Å²) in [6.07, 6.45) is 6.22. The zero-order chi connectivity index (χ0) is 22.6. The fourth-order valence-electron chi connectivity index (χ4n) is 4.30. The number of benzene rings is 2. The average molecular weight is 481 g/mol. The molecule has 8 heteroatoms. The highest BCUT2D eigenvalue weighted by atomic mass is 35.5. The van der Waals surface area contributed by atoms with Gasteiger partial charge in [-0.15, -0.1) is 12.4 Å². The van der Waals surface area contributed by atoms with Crippen molar-refractivity contribution in [2.24, 2.45) is 0 Å². The number of halogens is 1. The molecule has 0 aliphatic carbocycles. The highest BCUT2D eigenvalue weighted by molar-refractivity contribution is 5.85. The topological polar surface area (TPSA) is 61.5 Å². The first-order chi connectivity index (χ1) is 16.2. The predicted octanol–water partition coefficient (Wildman–Crippen LogP) is 4.29. The summed E-state index contributed by atoms with van der Waals surface area (Å²) >= 11 is 0. The van der Waals surface area contributed by atoms with Crippen molar-refractivity contribution in [2.45, 2.75) is 26.0 Å². The monoisotopic (exact) mass is 480 g/mol. The lowest BCUT2D eigenvalue weighted by Crippen LogP contribution is -2.24. The molecule has 0 radical (unpaired) electrons. The number of hydrogen-bond acceptors (Lipinski definition) is 5. The predicted molar refractivity (Wildman–Crippen MR) is 136 cm³/mol. The van der Waals surface area contributed by atoms with E-state index in [1.165, 1.54) is 32.0 Å². The zero-order valence-corrected chi connectivity index (χ0v) is 20.0. The Morgan fingerprint density at radius 1 is 0.941 bits per heavy atom. The number of fused-ring (bicyclic) bond motifs is 1. The van der Waals surface area contributed by atoms with Crippen LogP contribution in [0.3, 0.4) is 0 Å². The molecule has 1 fully saturated rings. The second kappa shape index (κ2) is 10.8. The van der Waals surface area contributed by atoms with Crippen molar-refractivity contribution in [1.29, 1.82) is 0 Å². The van der Waals surface area contributed by atoms with Crippen molar-refractivity contribution in [2.75, 3.05) is 26.7 Å². The van der Waals surface area contributed by atoms with Gasteiger partial charge in [-0.05, 0) is 67.9 Å². The van der Waals surface area contributed by atoms with Gasteiger partial charge in [-0.2, -0.15) is 5.10 Å². The molecule has 1 saturated heterocycles. The Morgan fingerprint density at radius 3 is 2.47 bits per heavy atom. The first-order valence-electron chi connectivity index (χ1n) is 11.4. The molecule has 0 unspecified atom stereocenters. The van der Waals surface area contributed by atoms with Crippen LogP contribution in [-0.2, 0) is 13.2 Å². The Bertz CT molecular complexity index is 1290. The van der Waals surface area contributed by atoms with Crippen molar-refractivity contribution in [3.05, 3.63) is 82.9 Å². The molecule has 1 aliphatic heterocycles. The summed E-state index contributed by atoms with van der Waals surface area (Å²) in [6.45, 7) is 4.66. The third-order valence-electron chi connectivity index (χ3n) is 6.19. The van der Waals surface area contributed by atoms with E-state index < -0.39 is 0 Å². The van der Waals surface area contributed by atoms with Gasteiger partial charge in [0, 0.05) is 29.9 Å². The average Bonchev–Trinajstić information content (AvgIpc) is 3.51.